The molecular weight excluding hydrogens is 452 g/mol. The minimum absolute atomic E-state index is 0. The predicted molar refractivity (Wildman–Crippen MR) is 112 cm³/mol. The van der Waals surface area contributed by atoms with Crippen molar-refractivity contribution >= 4 is 46.2 Å². The van der Waals surface area contributed by atoms with Gasteiger partial charge in [-0.05, 0) is 36.6 Å². The summed E-state index contributed by atoms with van der Waals surface area (Å²) in [7, 11) is 1.74. The molecule has 0 amide bonds. The first-order valence-corrected chi connectivity index (χ1v) is 8.64. The number of rotatable bonds is 5. The normalized spacial score (nSPS) is 11.4. The van der Waals surface area contributed by atoms with Gasteiger partial charge in [0.2, 0.25) is 0 Å². The first-order chi connectivity index (χ1) is 11.7. The Hall–Kier alpha value is -1.68. The Morgan fingerprint density at radius 1 is 1.36 bits per heavy atom. The third-order valence-corrected chi connectivity index (χ3v) is 4.57. The van der Waals surface area contributed by atoms with Crippen LogP contribution in [0.3, 0.4) is 0 Å². The number of fused-ring (bicyclic) bond motifs is 1. The molecule has 0 saturated carbocycles. The Kier molecular flexibility index (Phi) is 7.18. The maximum Gasteiger partial charge on any atom is 0.193 e. The van der Waals surface area contributed by atoms with Crippen molar-refractivity contribution in [3.05, 3.63) is 58.6 Å². The number of hydrogen-bond donors (Lipinski definition) is 2. The van der Waals surface area contributed by atoms with Crippen molar-refractivity contribution in [2.75, 3.05) is 13.6 Å². The Morgan fingerprint density at radius 2 is 2.20 bits per heavy atom. The van der Waals surface area contributed by atoms with Gasteiger partial charge in [0.25, 0.3) is 0 Å². The van der Waals surface area contributed by atoms with Crippen molar-refractivity contribution in [2.45, 2.75) is 19.9 Å². The number of benzene rings is 1. The molecule has 0 bridgehead atoms. The van der Waals surface area contributed by atoms with Gasteiger partial charge in [0.15, 0.2) is 10.9 Å². The minimum atomic E-state index is -0.193. The lowest BCUT2D eigenvalue weighted by Gasteiger charge is -2.12. The van der Waals surface area contributed by atoms with Gasteiger partial charge in [0, 0.05) is 31.4 Å². The molecule has 0 aliphatic heterocycles. The number of nitrogens with zero attached hydrogens (tertiary/aromatic N) is 3. The van der Waals surface area contributed by atoms with Gasteiger partial charge in [-0.25, -0.2) is 9.37 Å². The van der Waals surface area contributed by atoms with Crippen LogP contribution < -0.4 is 10.6 Å². The fourth-order valence-corrected chi connectivity index (χ4v) is 3.23. The lowest BCUT2D eigenvalue weighted by atomic mass is 10.1. The van der Waals surface area contributed by atoms with Crippen molar-refractivity contribution in [2.24, 2.45) is 4.99 Å². The molecule has 0 spiro atoms. The van der Waals surface area contributed by atoms with Crippen LogP contribution in [0.5, 0.6) is 0 Å². The number of aromatic nitrogens is 2. The molecule has 3 aromatic rings. The van der Waals surface area contributed by atoms with Gasteiger partial charge in [-0.1, -0.05) is 6.07 Å². The zero-order chi connectivity index (χ0) is 16.9. The van der Waals surface area contributed by atoms with Gasteiger partial charge in [0.1, 0.15) is 5.82 Å². The van der Waals surface area contributed by atoms with Gasteiger partial charge in [-0.15, -0.1) is 35.3 Å². The standard InChI is InChI=1S/C17H20FN5S.HI/c1-12-9-14(18)4-3-13(12)5-6-20-16(19-2)21-10-15-11-23-7-8-24-17(23)22-15;/h3-4,7-9,11H,5-6,10H2,1-2H3,(H2,19,20,21);1H. The lowest BCUT2D eigenvalue weighted by molar-refractivity contribution is 0.625. The largest absolute Gasteiger partial charge is 0.356 e. The molecule has 5 nitrogen and oxygen atoms in total. The van der Waals surface area contributed by atoms with E-state index in [1.807, 2.05) is 35.2 Å². The number of aryl methyl sites for hydroxylation is 1. The van der Waals surface area contributed by atoms with Crippen LogP contribution >= 0.6 is 35.3 Å². The van der Waals surface area contributed by atoms with Crippen LogP contribution in [0.2, 0.25) is 0 Å². The molecule has 0 fully saturated rings. The fourth-order valence-electron chi connectivity index (χ4n) is 2.51. The molecule has 1 aromatic carbocycles. The van der Waals surface area contributed by atoms with Crippen LogP contribution in [0.25, 0.3) is 4.96 Å². The van der Waals surface area contributed by atoms with E-state index < -0.39 is 0 Å². The summed E-state index contributed by atoms with van der Waals surface area (Å²) < 4.78 is 15.1. The first-order valence-electron chi connectivity index (χ1n) is 7.76. The zero-order valence-corrected chi connectivity index (χ0v) is 17.3. The van der Waals surface area contributed by atoms with Crippen molar-refractivity contribution in [1.82, 2.24) is 20.0 Å². The highest BCUT2D eigenvalue weighted by Gasteiger charge is 2.05. The van der Waals surface area contributed by atoms with E-state index in [1.54, 1.807) is 24.5 Å². The average molecular weight is 473 g/mol. The van der Waals surface area contributed by atoms with E-state index in [0.29, 0.717) is 6.54 Å². The highest BCUT2D eigenvalue weighted by Crippen LogP contribution is 2.11. The van der Waals surface area contributed by atoms with E-state index in [2.05, 4.69) is 20.6 Å². The number of halogens is 2. The minimum Gasteiger partial charge on any atom is -0.356 e. The quantitative estimate of drug-likeness (QED) is 0.340. The zero-order valence-electron chi connectivity index (χ0n) is 14.1. The number of hydrogen-bond acceptors (Lipinski definition) is 3. The molecular formula is C17H21FIN5S. The van der Waals surface area contributed by atoms with Crippen molar-refractivity contribution in [3.63, 3.8) is 0 Å². The Bertz CT molecular complexity index is 829. The maximum atomic E-state index is 13.1. The van der Waals surface area contributed by atoms with Crippen LogP contribution in [0.15, 0.2) is 41.0 Å². The summed E-state index contributed by atoms with van der Waals surface area (Å²) >= 11 is 1.61. The molecule has 2 N–H and O–H groups in total. The Balaban J connectivity index is 0.00000225. The smallest absolute Gasteiger partial charge is 0.193 e. The summed E-state index contributed by atoms with van der Waals surface area (Å²) in [6.07, 6.45) is 4.82. The highest BCUT2D eigenvalue weighted by molar-refractivity contribution is 14.0. The molecule has 0 radical (unpaired) electrons. The Labute approximate surface area is 167 Å². The number of imidazole rings is 1. The summed E-state index contributed by atoms with van der Waals surface area (Å²) in [5.41, 5.74) is 3.07. The molecule has 25 heavy (non-hydrogen) atoms. The van der Waals surface area contributed by atoms with E-state index in [1.165, 1.54) is 6.07 Å². The fraction of sp³-hybridized carbons (Fsp3) is 0.294. The van der Waals surface area contributed by atoms with E-state index in [-0.39, 0.29) is 29.8 Å². The predicted octanol–water partition coefficient (Wildman–Crippen LogP) is 3.37. The summed E-state index contributed by atoms with van der Waals surface area (Å²) in [6.45, 7) is 3.27. The van der Waals surface area contributed by atoms with Gasteiger partial charge in [-0.3, -0.25) is 9.39 Å². The molecule has 0 saturated heterocycles. The van der Waals surface area contributed by atoms with Gasteiger partial charge >= 0.3 is 0 Å². The van der Waals surface area contributed by atoms with Crippen LogP contribution in [0.4, 0.5) is 4.39 Å². The summed E-state index contributed by atoms with van der Waals surface area (Å²) in [6, 6.07) is 4.90. The number of thiazole rings is 1. The SMILES string of the molecule is CN=C(NCCc1ccc(F)cc1C)NCc1cn2ccsc2n1.I. The second kappa shape index (κ2) is 9.14. The molecule has 0 unspecified atom stereocenters. The van der Waals surface area contributed by atoms with E-state index in [0.717, 1.165) is 40.7 Å². The van der Waals surface area contributed by atoms with Crippen LogP contribution in [0, 0.1) is 12.7 Å². The van der Waals surface area contributed by atoms with Crippen molar-refractivity contribution in [3.8, 4) is 0 Å². The molecule has 2 aromatic heterocycles. The third-order valence-electron chi connectivity index (χ3n) is 3.80. The second-order valence-electron chi connectivity index (χ2n) is 5.50. The van der Waals surface area contributed by atoms with Gasteiger partial charge in [0.05, 0.1) is 12.2 Å². The monoisotopic (exact) mass is 473 g/mol. The average Bonchev–Trinajstić information content (AvgIpc) is 3.14. The van der Waals surface area contributed by atoms with Crippen LogP contribution in [-0.4, -0.2) is 28.9 Å². The number of aliphatic imine (C=N–C) groups is 1. The first kappa shape index (κ1) is 19.6. The summed E-state index contributed by atoms with van der Waals surface area (Å²) in [5.74, 6) is 0.535. The molecule has 3 rings (SSSR count). The highest BCUT2D eigenvalue weighted by atomic mass is 127. The molecule has 0 atom stereocenters. The van der Waals surface area contributed by atoms with E-state index in [9.17, 15) is 4.39 Å². The van der Waals surface area contributed by atoms with Crippen LogP contribution in [0.1, 0.15) is 16.8 Å². The molecule has 0 aliphatic rings. The van der Waals surface area contributed by atoms with Gasteiger partial charge in [-0.2, -0.15) is 0 Å². The second-order valence-corrected chi connectivity index (χ2v) is 6.37. The summed E-state index contributed by atoms with van der Waals surface area (Å²) in [5, 5.41) is 8.54. The van der Waals surface area contributed by atoms with Crippen molar-refractivity contribution < 1.29 is 4.39 Å². The third kappa shape index (κ3) is 5.15. The van der Waals surface area contributed by atoms with Crippen LogP contribution in [-0.2, 0) is 13.0 Å². The molecule has 8 heteroatoms. The molecule has 0 aliphatic carbocycles. The van der Waals surface area contributed by atoms with E-state index >= 15 is 0 Å². The topological polar surface area (TPSA) is 53.7 Å². The van der Waals surface area contributed by atoms with E-state index in [4.69, 9.17) is 0 Å². The molecule has 2 heterocycles. The number of nitrogens with one attached hydrogen (secondary N) is 2. The number of guanidine groups is 1. The lowest BCUT2D eigenvalue weighted by Crippen LogP contribution is -2.38. The summed E-state index contributed by atoms with van der Waals surface area (Å²) in [4.78, 5) is 9.73. The Morgan fingerprint density at radius 3 is 2.92 bits per heavy atom. The van der Waals surface area contributed by atoms with Crippen molar-refractivity contribution in [1.29, 1.82) is 0 Å². The molecule has 134 valence electrons. The van der Waals surface area contributed by atoms with Gasteiger partial charge < -0.3 is 10.6 Å². The maximum absolute atomic E-state index is 13.1.